The van der Waals surface area contributed by atoms with Gasteiger partial charge in [-0.15, -0.1) is 0 Å². The van der Waals surface area contributed by atoms with Crippen LogP contribution in [0.4, 0.5) is 0 Å². The van der Waals surface area contributed by atoms with Crippen molar-refractivity contribution < 1.29 is 18.3 Å². The van der Waals surface area contributed by atoms with Crippen LogP contribution in [0.2, 0.25) is 0 Å². The number of aliphatic hydroxyl groups is 1. The summed E-state index contributed by atoms with van der Waals surface area (Å²) in [5.41, 5.74) is 1.08. The van der Waals surface area contributed by atoms with Crippen LogP contribution in [0.15, 0.2) is 29.2 Å². The van der Waals surface area contributed by atoms with Gasteiger partial charge in [0.1, 0.15) is 0 Å². The van der Waals surface area contributed by atoms with Crippen LogP contribution < -0.4 is 0 Å². The van der Waals surface area contributed by atoms with Crippen molar-refractivity contribution in [3.63, 3.8) is 0 Å². The standard InChI is InChI=1S/C13H21NO4S/c1-4-11-5-7-13(8-6-11)19(16,17)14(2)9-12(15)10-18-3/h5-8,12,15H,4,9-10H2,1-3H3. The van der Waals surface area contributed by atoms with Gasteiger partial charge in [0.2, 0.25) is 10.0 Å². The van der Waals surface area contributed by atoms with E-state index in [1.54, 1.807) is 24.3 Å². The van der Waals surface area contributed by atoms with Crippen LogP contribution in [0.1, 0.15) is 12.5 Å². The van der Waals surface area contributed by atoms with Gasteiger partial charge in [0.25, 0.3) is 0 Å². The molecule has 0 aliphatic rings. The van der Waals surface area contributed by atoms with Crippen molar-refractivity contribution >= 4 is 10.0 Å². The van der Waals surface area contributed by atoms with E-state index in [9.17, 15) is 13.5 Å². The average Bonchev–Trinajstić information content (AvgIpc) is 2.39. The van der Waals surface area contributed by atoms with E-state index in [1.807, 2.05) is 6.92 Å². The van der Waals surface area contributed by atoms with Gasteiger partial charge in [-0.05, 0) is 24.1 Å². The first-order valence-corrected chi connectivity index (χ1v) is 7.58. The molecule has 0 saturated carbocycles. The molecule has 19 heavy (non-hydrogen) atoms. The lowest BCUT2D eigenvalue weighted by atomic mass is 10.2. The van der Waals surface area contributed by atoms with Gasteiger partial charge in [-0.25, -0.2) is 8.42 Å². The van der Waals surface area contributed by atoms with Gasteiger partial charge in [0.05, 0.1) is 17.6 Å². The summed E-state index contributed by atoms with van der Waals surface area (Å²) in [5.74, 6) is 0. The minimum Gasteiger partial charge on any atom is -0.389 e. The molecular weight excluding hydrogens is 266 g/mol. The minimum absolute atomic E-state index is 0.00566. The maximum Gasteiger partial charge on any atom is 0.242 e. The van der Waals surface area contributed by atoms with E-state index in [-0.39, 0.29) is 18.0 Å². The van der Waals surface area contributed by atoms with E-state index in [4.69, 9.17) is 4.74 Å². The Balaban J connectivity index is 2.83. The summed E-state index contributed by atoms with van der Waals surface area (Å²) in [5, 5.41) is 9.58. The van der Waals surface area contributed by atoms with Gasteiger partial charge in [-0.3, -0.25) is 0 Å². The second kappa shape index (κ2) is 7.00. The van der Waals surface area contributed by atoms with Crippen molar-refractivity contribution in [1.82, 2.24) is 4.31 Å². The molecule has 0 aromatic heterocycles. The van der Waals surface area contributed by atoms with E-state index < -0.39 is 16.1 Å². The molecule has 0 aliphatic carbocycles. The lowest BCUT2D eigenvalue weighted by molar-refractivity contribution is 0.0554. The largest absolute Gasteiger partial charge is 0.389 e. The summed E-state index contributed by atoms with van der Waals surface area (Å²) < 4.78 is 30.4. The van der Waals surface area contributed by atoms with Gasteiger partial charge in [0.15, 0.2) is 0 Å². The maximum absolute atomic E-state index is 12.2. The Morgan fingerprint density at radius 1 is 1.32 bits per heavy atom. The highest BCUT2D eigenvalue weighted by Crippen LogP contribution is 2.15. The third kappa shape index (κ3) is 4.28. The Labute approximate surface area is 114 Å². The maximum atomic E-state index is 12.2. The molecule has 0 aliphatic heterocycles. The summed E-state index contributed by atoms with van der Waals surface area (Å²) >= 11 is 0. The molecule has 0 radical (unpaired) electrons. The fraction of sp³-hybridized carbons (Fsp3) is 0.538. The third-order valence-electron chi connectivity index (χ3n) is 2.87. The molecule has 1 aromatic rings. The molecule has 1 aromatic carbocycles. The van der Waals surface area contributed by atoms with Crippen molar-refractivity contribution in [2.45, 2.75) is 24.3 Å². The van der Waals surface area contributed by atoms with Crippen LogP contribution in [0, 0.1) is 0 Å². The number of methoxy groups -OCH3 is 1. The topological polar surface area (TPSA) is 66.8 Å². The zero-order chi connectivity index (χ0) is 14.5. The number of nitrogens with zero attached hydrogens (tertiary/aromatic N) is 1. The fourth-order valence-electron chi connectivity index (χ4n) is 1.72. The van der Waals surface area contributed by atoms with Crippen molar-refractivity contribution in [2.24, 2.45) is 0 Å². The molecular formula is C13H21NO4S. The van der Waals surface area contributed by atoms with Crippen LogP contribution in [0.3, 0.4) is 0 Å². The van der Waals surface area contributed by atoms with Crippen LogP contribution in [-0.2, 0) is 21.2 Å². The van der Waals surface area contributed by atoms with Crippen LogP contribution in [0.25, 0.3) is 0 Å². The molecule has 1 N–H and O–H groups in total. The molecule has 1 unspecified atom stereocenters. The number of hydrogen-bond acceptors (Lipinski definition) is 4. The van der Waals surface area contributed by atoms with E-state index in [2.05, 4.69) is 0 Å². The quantitative estimate of drug-likeness (QED) is 0.808. The summed E-state index contributed by atoms with van der Waals surface area (Å²) in [6.45, 7) is 2.12. The number of rotatable bonds is 7. The lowest BCUT2D eigenvalue weighted by Gasteiger charge is -2.20. The summed E-state index contributed by atoms with van der Waals surface area (Å²) in [7, 11) is -0.654. The van der Waals surface area contributed by atoms with Crippen molar-refractivity contribution in [3.05, 3.63) is 29.8 Å². The van der Waals surface area contributed by atoms with Crippen LogP contribution >= 0.6 is 0 Å². The zero-order valence-electron chi connectivity index (χ0n) is 11.5. The van der Waals surface area contributed by atoms with Crippen molar-refractivity contribution in [1.29, 1.82) is 0 Å². The molecule has 0 fully saturated rings. The average molecular weight is 287 g/mol. The Kier molecular flexibility index (Phi) is 5.93. The van der Waals surface area contributed by atoms with Crippen molar-refractivity contribution in [2.75, 3.05) is 27.3 Å². The molecule has 0 amide bonds. The molecule has 1 rings (SSSR count). The SMILES string of the molecule is CCc1ccc(S(=O)(=O)N(C)CC(O)COC)cc1. The number of sulfonamides is 1. The Bertz CT molecular complexity index is 484. The smallest absolute Gasteiger partial charge is 0.242 e. The number of hydrogen-bond donors (Lipinski definition) is 1. The Morgan fingerprint density at radius 3 is 2.37 bits per heavy atom. The lowest BCUT2D eigenvalue weighted by Crippen LogP contribution is -2.36. The predicted molar refractivity (Wildman–Crippen MR) is 73.5 cm³/mol. The number of benzene rings is 1. The first-order valence-electron chi connectivity index (χ1n) is 6.14. The summed E-state index contributed by atoms with van der Waals surface area (Å²) in [6.07, 6.45) is 0.0302. The van der Waals surface area contributed by atoms with Gasteiger partial charge in [-0.1, -0.05) is 19.1 Å². The fourth-order valence-corrected chi connectivity index (χ4v) is 2.93. The molecule has 1 atom stereocenters. The Morgan fingerprint density at radius 2 is 1.89 bits per heavy atom. The van der Waals surface area contributed by atoms with Gasteiger partial charge in [-0.2, -0.15) is 4.31 Å². The normalized spacial score (nSPS) is 13.7. The first kappa shape index (κ1) is 16.1. The third-order valence-corrected chi connectivity index (χ3v) is 4.70. The van der Waals surface area contributed by atoms with Gasteiger partial charge >= 0.3 is 0 Å². The molecule has 0 spiro atoms. The van der Waals surface area contributed by atoms with Crippen LogP contribution in [-0.4, -0.2) is 51.2 Å². The van der Waals surface area contributed by atoms with E-state index in [1.165, 1.54) is 14.2 Å². The highest BCUT2D eigenvalue weighted by Gasteiger charge is 2.22. The number of likely N-dealkylation sites (N-methyl/N-ethyl adjacent to an activating group) is 1. The zero-order valence-corrected chi connectivity index (χ0v) is 12.4. The second-order valence-corrected chi connectivity index (χ2v) is 6.44. The number of ether oxygens (including phenoxy) is 1. The number of aryl methyl sites for hydroxylation is 1. The van der Waals surface area contributed by atoms with Crippen molar-refractivity contribution in [3.8, 4) is 0 Å². The Hall–Kier alpha value is -0.950. The summed E-state index contributed by atoms with van der Waals surface area (Å²) in [6, 6.07) is 6.78. The molecule has 5 nitrogen and oxygen atoms in total. The highest BCUT2D eigenvalue weighted by atomic mass is 32.2. The minimum atomic E-state index is -3.56. The van der Waals surface area contributed by atoms with Crippen LogP contribution in [0.5, 0.6) is 0 Å². The van der Waals surface area contributed by atoms with Gasteiger partial charge < -0.3 is 9.84 Å². The highest BCUT2D eigenvalue weighted by molar-refractivity contribution is 7.89. The van der Waals surface area contributed by atoms with E-state index in [0.29, 0.717) is 0 Å². The monoisotopic (exact) mass is 287 g/mol. The first-order chi connectivity index (χ1) is 8.91. The number of aliphatic hydroxyl groups excluding tert-OH is 1. The van der Waals surface area contributed by atoms with E-state index in [0.717, 1.165) is 16.3 Å². The molecule has 0 heterocycles. The second-order valence-electron chi connectivity index (χ2n) is 4.39. The predicted octanol–water partition coefficient (Wildman–Crippen LogP) is 0.877. The molecule has 0 bridgehead atoms. The van der Waals surface area contributed by atoms with E-state index >= 15 is 0 Å². The molecule has 6 heteroatoms. The molecule has 108 valence electrons. The van der Waals surface area contributed by atoms with Gasteiger partial charge in [0, 0.05) is 20.7 Å². The molecule has 0 saturated heterocycles. The summed E-state index contributed by atoms with van der Waals surface area (Å²) in [4.78, 5) is 0.233.